The molecular formula is C14H25N5O. The molecule has 0 atom stereocenters. The van der Waals surface area contributed by atoms with Crippen LogP contribution in [-0.4, -0.2) is 54.5 Å². The number of aryl methyl sites for hydroxylation is 1. The average molecular weight is 279 g/mol. The van der Waals surface area contributed by atoms with Crippen LogP contribution in [0.5, 0.6) is 0 Å². The van der Waals surface area contributed by atoms with Gasteiger partial charge < -0.3 is 15.1 Å². The molecule has 0 aliphatic carbocycles. The lowest BCUT2D eigenvalue weighted by Gasteiger charge is -2.24. The number of likely N-dealkylation sites (N-methyl/N-ethyl adjacent to an activating group) is 2. The first kappa shape index (κ1) is 16.2. The molecule has 0 saturated heterocycles. The van der Waals surface area contributed by atoms with Crippen molar-refractivity contribution >= 4 is 17.5 Å². The highest BCUT2D eigenvalue weighted by atomic mass is 16.2. The fourth-order valence-corrected chi connectivity index (χ4v) is 1.93. The number of rotatable bonds is 7. The number of anilines is 2. The van der Waals surface area contributed by atoms with E-state index in [-0.39, 0.29) is 5.91 Å². The molecule has 1 heterocycles. The number of carbonyl (C=O) groups excluding carboxylic acids is 1. The lowest BCUT2D eigenvalue weighted by atomic mass is 10.3. The SMILES string of the molecule is CCc1nc(NC)cc(N(C)CC(=O)N(CC)CC)n1. The van der Waals surface area contributed by atoms with Gasteiger partial charge in [0.05, 0.1) is 6.54 Å². The van der Waals surface area contributed by atoms with Crippen LogP contribution < -0.4 is 10.2 Å². The first-order valence-corrected chi connectivity index (χ1v) is 7.10. The molecule has 0 bridgehead atoms. The zero-order valence-corrected chi connectivity index (χ0v) is 13.1. The summed E-state index contributed by atoms with van der Waals surface area (Å²) in [5.74, 6) is 2.42. The quantitative estimate of drug-likeness (QED) is 0.817. The Morgan fingerprint density at radius 2 is 1.90 bits per heavy atom. The third kappa shape index (κ3) is 4.08. The topological polar surface area (TPSA) is 61.4 Å². The van der Waals surface area contributed by atoms with Crippen LogP contribution in [0.15, 0.2) is 6.07 Å². The molecule has 6 nitrogen and oxygen atoms in total. The lowest BCUT2D eigenvalue weighted by Crippen LogP contribution is -2.39. The lowest BCUT2D eigenvalue weighted by molar-refractivity contribution is -0.129. The number of aromatic nitrogens is 2. The molecule has 6 heteroatoms. The Bertz CT molecular complexity index is 423. The summed E-state index contributed by atoms with van der Waals surface area (Å²) >= 11 is 0. The van der Waals surface area contributed by atoms with Gasteiger partial charge in [-0.2, -0.15) is 0 Å². The Hall–Kier alpha value is -1.85. The van der Waals surface area contributed by atoms with Gasteiger partial charge in [0.1, 0.15) is 17.5 Å². The molecule has 0 saturated carbocycles. The maximum Gasteiger partial charge on any atom is 0.242 e. The highest BCUT2D eigenvalue weighted by molar-refractivity contribution is 5.81. The summed E-state index contributed by atoms with van der Waals surface area (Å²) in [6, 6.07) is 1.86. The number of hydrogen-bond acceptors (Lipinski definition) is 5. The second-order valence-electron chi connectivity index (χ2n) is 4.55. The van der Waals surface area contributed by atoms with E-state index in [2.05, 4.69) is 15.3 Å². The van der Waals surface area contributed by atoms with Crippen LogP contribution in [-0.2, 0) is 11.2 Å². The smallest absolute Gasteiger partial charge is 0.242 e. The van der Waals surface area contributed by atoms with Gasteiger partial charge in [0.25, 0.3) is 0 Å². The molecule has 0 aromatic carbocycles. The van der Waals surface area contributed by atoms with Crippen LogP contribution >= 0.6 is 0 Å². The normalized spacial score (nSPS) is 10.2. The van der Waals surface area contributed by atoms with E-state index in [1.54, 1.807) is 0 Å². The van der Waals surface area contributed by atoms with Crippen molar-refractivity contribution in [1.82, 2.24) is 14.9 Å². The van der Waals surface area contributed by atoms with Crippen LogP contribution in [0.4, 0.5) is 11.6 Å². The van der Waals surface area contributed by atoms with Gasteiger partial charge in [-0.05, 0) is 13.8 Å². The van der Waals surface area contributed by atoms with Crippen molar-refractivity contribution in [2.24, 2.45) is 0 Å². The van der Waals surface area contributed by atoms with Gasteiger partial charge in [0.2, 0.25) is 5.91 Å². The average Bonchev–Trinajstić information content (AvgIpc) is 2.47. The van der Waals surface area contributed by atoms with Crippen molar-refractivity contribution in [3.05, 3.63) is 11.9 Å². The van der Waals surface area contributed by atoms with Crippen LogP contribution in [0, 0.1) is 0 Å². The molecule has 1 amide bonds. The van der Waals surface area contributed by atoms with E-state index in [0.717, 1.165) is 37.0 Å². The Labute approximate surface area is 121 Å². The standard InChI is InChI=1S/C14H25N5O/c1-6-11-16-12(15-4)9-13(17-11)18(5)10-14(20)19(7-2)8-3/h9H,6-8,10H2,1-5H3,(H,15,16,17). The van der Waals surface area contributed by atoms with Crippen LogP contribution in [0.1, 0.15) is 26.6 Å². The number of hydrogen-bond donors (Lipinski definition) is 1. The first-order valence-electron chi connectivity index (χ1n) is 7.10. The molecule has 1 aromatic heterocycles. The molecule has 0 spiro atoms. The van der Waals surface area contributed by atoms with Crippen molar-refractivity contribution in [3.63, 3.8) is 0 Å². The number of nitrogens with one attached hydrogen (secondary N) is 1. The van der Waals surface area contributed by atoms with E-state index in [0.29, 0.717) is 6.54 Å². The zero-order valence-electron chi connectivity index (χ0n) is 13.1. The minimum Gasteiger partial charge on any atom is -0.373 e. The molecular weight excluding hydrogens is 254 g/mol. The summed E-state index contributed by atoms with van der Waals surface area (Å²) < 4.78 is 0. The number of carbonyl (C=O) groups is 1. The van der Waals surface area contributed by atoms with Gasteiger partial charge >= 0.3 is 0 Å². The van der Waals surface area contributed by atoms with E-state index in [1.165, 1.54) is 0 Å². The molecule has 0 fully saturated rings. The van der Waals surface area contributed by atoms with E-state index >= 15 is 0 Å². The van der Waals surface area contributed by atoms with Crippen LogP contribution in [0.25, 0.3) is 0 Å². The van der Waals surface area contributed by atoms with Crippen molar-refractivity contribution in [1.29, 1.82) is 0 Å². The van der Waals surface area contributed by atoms with Gasteiger partial charge in [-0.3, -0.25) is 4.79 Å². The fraction of sp³-hybridized carbons (Fsp3) is 0.643. The summed E-state index contributed by atoms with van der Waals surface area (Å²) in [5.41, 5.74) is 0. The molecule has 0 aliphatic heterocycles. The van der Waals surface area contributed by atoms with Crippen molar-refractivity contribution < 1.29 is 4.79 Å². The summed E-state index contributed by atoms with van der Waals surface area (Å²) in [5, 5.41) is 3.02. The highest BCUT2D eigenvalue weighted by Gasteiger charge is 2.14. The van der Waals surface area contributed by atoms with Crippen LogP contribution in [0.2, 0.25) is 0 Å². The van der Waals surface area contributed by atoms with Crippen molar-refractivity contribution in [2.75, 3.05) is 43.9 Å². The van der Waals surface area contributed by atoms with Gasteiger partial charge in [0, 0.05) is 39.7 Å². The van der Waals surface area contributed by atoms with Gasteiger partial charge in [-0.25, -0.2) is 9.97 Å². The fourth-order valence-electron chi connectivity index (χ4n) is 1.93. The van der Waals surface area contributed by atoms with Crippen molar-refractivity contribution in [2.45, 2.75) is 27.2 Å². The molecule has 0 aliphatic rings. The highest BCUT2D eigenvalue weighted by Crippen LogP contribution is 2.15. The number of amides is 1. The Morgan fingerprint density at radius 1 is 1.25 bits per heavy atom. The molecule has 1 rings (SSSR count). The predicted octanol–water partition coefficient (Wildman–Crippen LogP) is 1.39. The Kier molecular flexibility index (Phi) is 6.21. The number of nitrogens with zero attached hydrogens (tertiary/aromatic N) is 4. The maximum atomic E-state index is 12.1. The summed E-state index contributed by atoms with van der Waals surface area (Å²) in [6.07, 6.45) is 0.764. The summed E-state index contributed by atoms with van der Waals surface area (Å²) in [6.45, 7) is 7.77. The predicted molar refractivity (Wildman–Crippen MR) is 82.2 cm³/mol. The third-order valence-electron chi connectivity index (χ3n) is 3.21. The van der Waals surface area contributed by atoms with Crippen molar-refractivity contribution in [3.8, 4) is 0 Å². The van der Waals surface area contributed by atoms with Gasteiger partial charge in [-0.1, -0.05) is 6.92 Å². The molecule has 112 valence electrons. The zero-order chi connectivity index (χ0) is 15.1. The second-order valence-corrected chi connectivity index (χ2v) is 4.55. The van der Waals surface area contributed by atoms with E-state index < -0.39 is 0 Å². The largest absolute Gasteiger partial charge is 0.373 e. The molecule has 0 radical (unpaired) electrons. The molecule has 20 heavy (non-hydrogen) atoms. The van der Waals surface area contributed by atoms with E-state index in [9.17, 15) is 4.79 Å². The summed E-state index contributed by atoms with van der Waals surface area (Å²) in [7, 11) is 3.70. The molecule has 0 unspecified atom stereocenters. The third-order valence-corrected chi connectivity index (χ3v) is 3.21. The van der Waals surface area contributed by atoms with E-state index in [1.807, 2.05) is 50.7 Å². The first-order chi connectivity index (χ1) is 9.55. The van der Waals surface area contributed by atoms with E-state index in [4.69, 9.17) is 0 Å². The minimum atomic E-state index is 0.111. The maximum absolute atomic E-state index is 12.1. The van der Waals surface area contributed by atoms with Gasteiger partial charge in [-0.15, -0.1) is 0 Å². The Morgan fingerprint density at radius 3 is 2.40 bits per heavy atom. The minimum absolute atomic E-state index is 0.111. The molecule has 1 N–H and O–H groups in total. The van der Waals surface area contributed by atoms with Gasteiger partial charge in [0.15, 0.2) is 0 Å². The second kappa shape index (κ2) is 7.67. The van der Waals surface area contributed by atoms with Crippen LogP contribution in [0.3, 0.4) is 0 Å². The molecule has 1 aromatic rings. The monoisotopic (exact) mass is 279 g/mol. The Balaban J connectivity index is 2.86. The summed E-state index contributed by atoms with van der Waals surface area (Å²) in [4.78, 5) is 24.6.